The molecule has 1 aliphatic carbocycles. The SMILES string of the molecule is O=C1S/C(=C/c2ccc(-c3cccc(F)c3)o2)C(=O)N1CC1CCCCC1. The molecule has 1 aromatic carbocycles. The average Bonchev–Trinajstić information content (AvgIpc) is 3.23. The molecule has 0 atom stereocenters. The maximum atomic E-state index is 13.4. The summed E-state index contributed by atoms with van der Waals surface area (Å²) in [5.74, 6) is 0.808. The molecule has 1 aliphatic heterocycles. The number of hydrogen-bond acceptors (Lipinski definition) is 4. The Morgan fingerprint density at radius 1 is 1.15 bits per heavy atom. The Kier molecular flexibility index (Phi) is 5.16. The molecule has 6 heteroatoms. The fourth-order valence-electron chi connectivity index (χ4n) is 3.64. The Labute approximate surface area is 161 Å². The molecule has 2 aliphatic rings. The van der Waals surface area contributed by atoms with Gasteiger partial charge in [-0.25, -0.2) is 4.39 Å². The number of carbonyl (C=O) groups excluding carboxylic acids is 2. The van der Waals surface area contributed by atoms with Crippen LogP contribution in [0.15, 0.2) is 45.7 Å². The highest BCUT2D eigenvalue weighted by Crippen LogP contribution is 2.35. The van der Waals surface area contributed by atoms with Crippen molar-refractivity contribution >= 4 is 29.0 Å². The van der Waals surface area contributed by atoms with Crippen molar-refractivity contribution < 1.29 is 18.4 Å². The fraction of sp³-hybridized carbons (Fsp3) is 0.333. The van der Waals surface area contributed by atoms with Crippen LogP contribution in [0.1, 0.15) is 37.9 Å². The number of thioether (sulfide) groups is 1. The molecule has 2 fully saturated rings. The van der Waals surface area contributed by atoms with Gasteiger partial charge in [-0.3, -0.25) is 14.5 Å². The second-order valence-electron chi connectivity index (χ2n) is 7.01. The topological polar surface area (TPSA) is 50.5 Å². The smallest absolute Gasteiger partial charge is 0.293 e. The molecule has 1 saturated heterocycles. The maximum absolute atomic E-state index is 13.4. The van der Waals surface area contributed by atoms with Gasteiger partial charge < -0.3 is 4.42 Å². The lowest BCUT2D eigenvalue weighted by atomic mass is 9.89. The molecule has 0 unspecified atom stereocenters. The van der Waals surface area contributed by atoms with Gasteiger partial charge in [0, 0.05) is 18.2 Å². The van der Waals surface area contributed by atoms with Gasteiger partial charge in [-0.05, 0) is 54.8 Å². The zero-order chi connectivity index (χ0) is 18.8. The second-order valence-corrected chi connectivity index (χ2v) is 8.00. The van der Waals surface area contributed by atoms with Crippen LogP contribution in [0.25, 0.3) is 17.4 Å². The monoisotopic (exact) mass is 385 g/mol. The molecule has 2 heterocycles. The van der Waals surface area contributed by atoms with Gasteiger partial charge in [-0.1, -0.05) is 31.4 Å². The summed E-state index contributed by atoms with van der Waals surface area (Å²) in [5.41, 5.74) is 0.625. The van der Waals surface area contributed by atoms with E-state index < -0.39 is 0 Å². The van der Waals surface area contributed by atoms with Crippen molar-refractivity contribution in [1.29, 1.82) is 0 Å². The van der Waals surface area contributed by atoms with E-state index in [-0.39, 0.29) is 17.0 Å². The summed E-state index contributed by atoms with van der Waals surface area (Å²) in [4.78, 5) is 26.7. The van der Waals surface area contributed by atoms with Crippen molar-refractivity contribution in [3.63, 3.8) is 0 Å². The van der Waals surface area contributed by atoms with E-state index in [1.807, 2.05) is 0 Å². The molecule has 140 valence electrons. The summed E-state index contributed by atoms with van der Waals surface area (Å²) in [6, 6.07) is 9.58. The molecule has 2 amide bonds. The van der Waals surface area contributed by atoms with Crippen LogP contribution in [0.4, 0.5) is 9.18 Å². The maximum Gasteiger partial charge on any atom is 0.293 e. The number of nitrogens with zero attached hydrogens (tertiary/aromatic N) is 1. The number of benzene rings is 1. The van der Waals surface area contributed by atoms with E-state index in [9.17, 15) is 14.0 Å². The molecule has 1 saturated carbocycles. The summed E-state index contributed by atoms with van der Waals surface area (Å²) in [5, 5.41) is -0.214. The molecule has 0 spiro atoms. The Hall–Kier alpha value is -2.34. The Bertz CT molecular complexity index is 898. The Balaban J connectivity index is 1.49. The number of imide groups is 1. The Morgan fingerprint density at radius 2 is 1.96 bits per heavy atom. The van der Waals surface area contributed by atoms with E-state index in [4.69, 9.17) is 4.42 Å². The molecule has 0 radical (unpaired) electrons. The number of halogens is 1. The molecular formula is C21H20FNO3S. The largest absolute Gasteiger partial charge is 0.457 e. The highest BCUT2D eigenvalue weighted by Gasteiger charge is 2.36. The standard InChI is InChI=1S/C21H20FNO3S/c22-16-8-4-7-15(11-16)18-10-9-17(26-18)12-19-20(24)23(21(25)27-19)13-14-5-2-1-3-6-14/h4,7-12,14H,1-3,5-6,13H2/b19-12+. The lowest BCUT2D eigenvalue weighted by Crippen LogP contribution is -2.34. The normalized spacial score (nSPS) is 20.0. The van der Waals surface area contributed by atoms with Gasteiger partial charge in [0.1, 0.15) is 17.3 Å². The first-order valence-electron chi connectivity index (χ1n) is 9.21. The van der Waals surface area contributed by atoms with Crippen molar-refractivity contribution in [2.45, 2.75) is 32.1 Å². The predicted octanol–water partition coefficient (Wildman–Crippen LogP) is 5.70. The van der Waals surface area contributed by atoms with Crippen LogP contribution in [-0.4, -0.2) is 22.6 Å². The zero-order valence-corrected chi connectivity index (χ0v) is 15.6. The lowest BCUT2D eigenvalue weighted by Gasteiger charge is -2.25. The molecule has 1 aromatic heterocycles. The minimum Gasteiger partial charge on any atom is -0.457 e. The quantitative estimate of drug-likeness (QED) is 0.633. The van der Waals surface area contributed by atoms with E-state index in [2.05, 4.69) is 0 Å². The zero-order valence-electron chi connectivity index (χ0n) is 14.8. The van der Waals surface area contributed by atoms with Gasteiger partial charge in [0.25, 0.3) is 11.1 Å². The van der Waals surface area contributed by atoms with E-state index in [1.54, 1.807) is 30.3 Å². The van der Waals surface area contributed by atoms with Crippen molar-refractivity contribution in [3.05, 3.63) is 52.9 Å². The minimum atomic E-state index is -0.339. The summed E-state index contributed by atoms with van der Waals surface area (Å²) in [7, 11) is 0. The number of furan rings is 1. The number of amides is 2. The van der Waals surface area contributed by atoms with Crippen molar-refractivity contribution in [2.24, 2.45) is 5.92 Å². The Morgan fingerprint density at radius 3 is 2.74 bits per heavy atom. The van der Waals surface area contributed by atoms with Gasteiger partial charge in [-0.2, -0.15) is 0 Å². The van der Waals surface area contributed by atoms with Crippen LogP contribution in [-0.2, 0) is 4.79 Å². The first kappa shape index (κ1) is 18.0. The van der Waals surface area contributed by atoms with E-state index in [1.165, 1.54) is 36.3 Å². The first-order chi connectivity index (χ1) is 13.1. The molecule has 0 bridgehead atoms. The van der Waals surface area contributed by atoms with Crippen LogP contribution < -0.4 is 0 Å². The number of rotatable bonds is 4. The van der Waals surface area contributed by atoms with Gasteiger partial charge in [-0.15, -0.1) is 0 Å². The highest BCUT2D eigenvalue weighted by atomic mass is 32.2. The summed E-state index contributed by atoms with van der Waals surface area (Å²) < 4.78 is 19.1. The first-order valence-corrected chi connectivity index (χ1v) is 10.0. The number of hydrogen-bond donors (Lipinski definition) is 0. The molecular weight excluding hydrogens is 365 g/mol. The number of carbonyl (C=O) groups is 2. The lowest BCUT2D eigenvalue weighted by molar-refractivity contribution is -0.123. The molecule has 27 heavy (non-hydrogen) atoms. The van der Waals surface area contributed by atoms with Gasteiger partial charge in [0.05, 0.1) is 4.91 Å². The van der Waals surface area contributed by atoms with Crippen molar-refractivity contribution in [3.8, 4) is 11.3 Å². The fourth-order valence-corrected chi connectivity index (χ4v) is 4.47. The second kappa shape index (κ2) is 7.72. The van der Waals surface area contributed by atoms with Gasteiger partial charge in [0.15, 0.2) is 0 Å². The van der Waals surface area contributed by atoms with Gasteiger partial charge in [0.2, 0.25) is 0 Å². The van der Waals surface area contributed by atoms with Gasteiger partial charge >= 0.3 is 0 Å². The minimum absolute atomic E-state index is 0.214. The summed E-state index contributed by atoms with van der Waals surface area (Å²) >= 11 is 0.951. The highest BCUT2D eigenvalue weighted by molar-refractivity contribution is 8.18. The predicted molar refractivity (Wildman–Crippen MR) is 103 cm³/mol. The van der Waals surface area contributed by atoms with Crippen LogP contribution in [0, 0.1) is 11.7 Å². The average molecular weight is 385 g/mol. The summed E-state index contributed by atoms with van der Waals surface area (Å²) in [6.07, 6.45) is 7.34. The molecule has 0 N–H and O–H groups in total. The van der Waals surface area contributed by atoms with Crippen molar-refractivity contribution in [1.82, 2.24) is 4.90 Å². The molecule has 4 rings (SSSR count). The third-order valence-corrected chi connectivity index (χ3v) is 5.96. The van der Waals surface area contributed by atoms with Crippen LogP contribution in [0.5, 0.6) is 0 Å². The van der Waals surface area contributed by atoms with E-state index >= 15 is 0 Å². The van der Waals surface area contributed by atoms with Crippen LogP contribution in [0.2, 0.25) is 0 Å². The third-order valence-electron chi connectivity index (χ3n) is 5.05. The van der Waals surface area contributed by atoms with Crippen LogP contribution >= 0.6 is 11.8 Å². The van der Waals surface area contributed by atoms with Crippen molar-refractivity contribution in [2.75, 3.05) is 6.54 Å². The van der Waals surface area contributed by atoms with Crippen LogP contribution in [0.3, 0.4) is 0 Å². The molecule has 4 nitrogen and oxygen atoms in total. The van der Waals surface area contributed by atoms with E-state index in [0.29, 0.717) is 34.5 Å². The third kappa shape index (κ3) is 4.00. The van der Waals surface area contributed by atoms with E-state index in [0.717, 1.165) is 24.6 Å². The summed E-state index contributed by atoms with van der Waals surface area (Å²) in [6.45, 7) is 0.509. The molecule has 2 aromatic rings.